The van der Waals surface area contributed by atoms with Crippen LogP contribution in [0.3, 0.4) is 0 Å². The maximum absolute atomic E-state index is 10.5. The number of halogens is 1. The zero-order valence-corrected chi connectivity index (χ0v) is 7.95. The number of carbonyl (C=O) groups is 1. The van der Waals surface area contributed by atoms with E-state index in [1.54, 1.807) is 6.07 Å². The minimum absolute atomic E-state index is 0.437. The summed E-state index contributed by atoms with van der Waals surface area (Å²) >= 11 is 7.06. The molecule has 1 unspecified atom stereocenters. The Balaban J connectivity index is 3.02. The van der Waals surface area contributed by atoms with E-state index in [9.17, 15) is 4.79 Å². The van der Waals surface area contributed by atoms with Crippen LogP contribution in [-0.2, 0) is 4.79 Å². The van der Waals surface area contributed by atoms with E-state index in [0.29, 0.717) is 9.90 Å². The molecule has 3 nitrogen and oxygen atoms in total. The Labute approximate surface area is 78.8 Å². The van der Waals surface area contributed by atoms with Gasteiger partial charge in [-0.2, -0.15) is 0 Å². The lowest BCUT2D eigenvalue weighted by Gasteiger charge is -2.02. The summed E-state index contributed by atoms with van der Waals surface area (Å²) in [6.45, 7) is 1.86. The van der Waals surface area contributed by atoms with Crippen LogP contribution < -0.4 is 5.73 Å². The molecule has 1 rings (SSSR count). The van der Waals surface area contributed by atoms with E-state index < -0.39 is 12.0 Å². The van der Waals surface area contributed by atoms with Crippen molar-refractivity contribution < 1.29 is 9.90 Å². The van der Waals surface area contributed by atoms with Crippen molar-refractivity contribution in [1.82, 2.24) is 0 Å². The highest BCUT2D eigenvalue weighted by Crippen LogP contribution is 2.30. The van der Waals surface area contributed by atoms with Crippen molar-refractivity contribution in [1.29, 1.82) is 0 Å². The molecule has 12 heavy (non-hydrogen) atoms. The lowest BCUT2D eigenvalue weighted by molar-refractivity contribution is -0.138. The Morgan fingerprint density at radius 3 is 2.75 bits per heavy atom. The summed E-state index contributed by atoms with van der Waals surface area (Å²) in [4.78, 5) is 12.0. The predicted molar refractivity (Wildman–Crippen MR) is 48.6 cm³/mol. The lowest BCUT2D eigenvalue weighted by atomic mass is 10.2. The number of carboxylic acids is 1. The number of aliphatic carboxylic acids is 1. The Morgan fingerprint density at radius 2 is 2.42 bits per heavy atom. The van der Waals surface area contributed by atoms with Crippen molar-refractivity contribution in [3.8, 4) is 0 Å². The van der Waals surface area contributed by atoms with Crippen molar-refractivity contribution >= 4 is 28.9 Å². The molecule has 0 saturated heterocycles. The highest BCUT2D eigenvalue weighted by molar-refractivity contribution is 7.12. The summed E-state index contributed by atoms with van der Waals surface area (Å²) in [5.41, 5.74) is 5.38. The fraction of sp³-hybridized carbons (Fsp3) is 0.286. The first kappa shape index (κ1) is 9.51. The van der Waals surface area contributed by atoms with Crippen LogP contribution >= 0.6 is 22.9 Å². The lowest BCUT2D eigenvalue weighted by Crippen LogP contribution is -2.19. The Morgan fingerprint density at radius 1 is 1.83 bits per heavy atom. The fourth-order valence-electron chi connectivity index (χ4n) is 0.825. The number of thiophene rings is 1. The van der Waals surface area contributed by atoms with Gasteiger partial charge in [-0.1, -0.05) is 11.6 Å². The predicted octanol–water partition coefficient (Wildman–Crippen LogP) is 1.79. The third-order valence-electron chi connectivity index (χ3n) is 1.38. The largest absolute Gasteiger partial charge is 0.480 e. The second-order valence-corrected chi connectivity index (χ2v) is 4.08. The van der Waals surface area contributed by atoms with E-state index in [1.807, 2.05) is 6.92 Å². The summed E-state index contributed by atoms with van der Waals surface area (Å²) in [5.74, 6) is -1.06. The average molecular weight is 206 g/mol. The van der Waals surface area contributed by atoms with E-state index >= 15 is 0 Å². The van der Waals surface area contributed by atoms with Crippen LogP contribution in [0.25, 0.3) is 0 Å². The van der Waals surface area contributed by atoms with Gasteiger partial charge in [-0.3, -0.25) is 4.79 Å². The number of hydrogen-bond acceptors (Lipinski definition) is 3. The summed E-state index contributed by atoms with van der Waals surface area (Å²) in [6, 6.07) is 0.709. The molecule has 0 aliphatic heterocycles. The van der Waals surface area contributed by atoms with Crippen LogP contribution in [0.4, 0.5) is 0 Å². The summed E-state index contributed by atoms with van der Waals surface area (Å²) in [5, 5.41) is 9.03. The quantitative estimate of drug-likeness (QED) is 0.774. The highest BCUT2D eigenvalue weighted by Gasteiger charge is 2.19. The van der Waals surface area contributed by atoms with Gasteiger partial charge in [0.2, 0.25) is 0 Å². The Hall–Kier alpha value is -0.580. The summed E-state index contributed by atoms with van der Waals surface area (Å²) in [6.07, 6.45) is 0. The smallest absolute Gasteiger partial charge is 0.326 e. The molecule has 0 saturated carbocycles. The first-order valence-corrected chi connectivity index (χ1v) is 4.46. The van der Waals surface area contributed by atoms with Gasteiger partial charge < -0.3 is 10.8 Å². The molecule has 0 radical (unpaired) electrons. The Kier molecular flexibility index (Phi) is 2.72. The molecule has 1 heterocycles. The van der Waals surface area contributed by atoms with Gasteiger partial charge in [0.05, 0.1) is 9.90 Å². The van der Waals surface area contributed by atoms with Gasteiger partial charge in [0, 0.05) is 4.88 Å². The van der Waals surface area contributed by atoms with Gasteiger partial charge in [0.15, 0.2) is 0 Å². The van der Waals surface area contributed by atoms with Gasteiger partial charge in [-0.25, -0.2) is 0 Å². The second kappa shape index (κ2) is 3.43. The molecule has 0 aliphatic carbocycles. The number of carboxylic acid groups (broad SMARTS) is 1. The van der Waals surface area contributed by atoms with E-state index in [4.69, 9.17) is 22.4 Å². The van der Waals surface area contributed by atoms with Crippen LogP contribution in [0.5, 0.6) is 0 Å². The molecule has 66 valence electrons. The van der Waals surface area contributed by atoms with Crippen molar-refractivity contribution in [3.63, 3.8) is 0 Å². The molecule has 0 spiro atoms. The molecule has 0 bridgehead atoms. The molecule has 1 atom stereocenters. The molecule has 0 aliphatic rings. The molecular formula is C7H8ClNO2S. The van der Waals surface area contributed by atoms with Crippen molar-refractivity contribution in [2.45, 2.75) is 13.0 Å². The Bertz CT molecular complexity index is 310. The molecular weight excluding hydrogens is 198 g/mol. The first-order valence-electron chi connectivity index (χ1n) is 3.26. The molecule has 3 N–H and O–H groups in total. The number of nitrogens with two attached hydrogens (primary N) is 1. The standard InChI is InChI=1S/C7H8ClNO2S/c1-3-2-4(8)6(12-3)5(9)7(10)11/h2,5H,9H2,1H3,(H,10,11). The van der Waals surface area contributed by atoms with Gasteiger partial charge in [-0.05, 0) is 13.0 Å². The summed E-state index contributed by atoms with van der Waals surface area (Å²) < 4.78 is 0. The molecule has 5 heteroatoms. The van der Waals surface area contributed by atoms with E-state index in [2.05, 4.69) is 0 Å². The van der Waals surface area contributed by atoms with Crippen molar-refractivity contribution in [2.24, 2.45) is 5.73 Å². The third-order valence-corrected chi connectivity index (χ3v) is 2.94. The van der Waals surface area contributed by atoms with Crippen LogP contribution in [0.2, 0.25) is 5.02 Å². The number of hydrogen-bond donors (Lipinski definition) is 2. The maximum Gasteiger partial charge on any atom is 0.326 e. The van der Waals surface area contributed by atoms with Crippen molar-refractivity contribution in [3.05, 3.63) is 20.8 Å². The monoisotopic (exact) mass is 205 g/mol. The normalized spacial score (nSPS) is 12.9. The van der Waals surface area contributed by atoms with E-state index in [1.165, 1.54) is 11.3 Å². The van der Waals surface area contributed by atoms with E-state index in [-0.39, 0.29) is 0 Å². The number of aryl methyl sites for hydroxylation is 1. The summed E-state index contributed by atoms with van der Waals surface area (Å²) in [7, 11) is 0. The van der Waals surface area contributed by atoms with Crippen LogP contribution in [0.15, 0.2) is 6.07 Å². The first-order chi connectivity index (χ1) is 5.52. The second-order valence-electron chi connectivity index (χ2n) is 2.39. The average Bonchev–Trinajstić information content (AvgIpc) is 2.28. The molecule has 0 aromatic carbocycles. The maximum atomic E-state index is 10.5. The van der Waals surface area contributed by atoms with Gasteiger partial charge in [-0.15, -0.1) is 11.3 Å². The van der Waals surface area contributed by atoms with Crippen LogP contribution in [0.1, 0.15) is 15.8 Å². The van der Waals surface area contributed by atoms with E-state index in [0.717, 1.165) is 4.88 Å². The van der Waals surface area contributed by atoms with Crippen LogP contribution in [0, 0.1) is 6.92 Å². The number of rotatable bonds is 2. The zero-order valence-electron chi connectivity index (χ0n) is 6.37. The highest BCUT2D eigenvalue weighted by atomic mass is 35.5. The molecule has 1 aromatic rings. The topological polar surface area (TPSA) is 63.3 Å². The fourth-order valence-corrected chi connectivity index (χ4v) is 2.19. The minimum atomic E-state index is -1.06. The van der Waals surface area contributed by atoms with Crippen molar-refractivity contribution in [2.75, 3.05) is 0 Å². The minimum Gasteiger partial charge on any atom is -0.480 e. The zero-order chi connectivity index (χ0) is 9.30. The van der Waals surface area contributed by atoms with Gasteiger partial charge >= 0.3 is 5.97 Å². The third kappa shape index (κ3) is 1.77. The van der Waals surface area contributed by atoms with Crippen LogP contribution in [-0.4, -0.2) is 11.1 Å². The van der Waals surface area contributed by atoms with Gasteiger partial charge in [0.25, 0.3) is 0 Å². The van der Waals surface area contributed by atoms with Gasteiger partial charge in [0.1, 0.15) is 6.04 Å². The molecule has 0 fully saturated rings. The molecule has 1 aromatic heterocycles. The SMILES string of the molecule is Cc1cc(Cl)c(C(N)C(=O)O)s1. The molecule has 0 amide bonds.